The number of carbonyl (C=O) groups is 2. The summed E-state index contributed by atoms with van der Waals surface area (Å²) in [5, 5.41) is 4.48. The molecule has 0 saturated heterocycles. The highest BCUT2D eigenvalue weighted by Crippen LogP contribution is 2.27. The van der Waals surface area contributed by atoms with Crippen LogP contribution in [-0.4, -0.2) is 25.1 Å². The first-order chi connectivity index (χ1) is 12.7. The van der Waals surface area contributed by atoms with E-state index in [1.807, 2.05) is 31.2 Å². The largest absolute Gasteiger partial charge is 0.493 e. The molecule has 1 amide bonds. The Bertz CT molecular complexity index is 902. The standard InChI is InChI=1S/C20H19NO5/c1-2-24-18-11-15-7-4-3-6-14(15)10-17(18)20(23)26-13-19(22)21-12-16-8-5-9-25-16/h3-11H,2,12-13H2,1H3,(H,21,22). The van der Waals surface area contributed by atoms with Crippen molar-refractivity contribution in [2.45, 2.75) is 13.5 Å². The van der Waals surface area contributed by atoms with Crippen molar-refractivity contribution in [1.29, 1.82) is 0 Å². The van der Waals surface area contributed by atoms with Crippen LogP contribution >= 0.6 is 0 Å². The quantitative estimate of drug-likeness (QED) is 0.660. The number of amides is 1. The number of ether oxygens (including phenoxy) is 2. The summed E-state index contributed by atoms with van der Waals surface area (Å²) in [6.07, 6.45) is 1.52. The molecular weight excluding hydrogens is 334 g/mol. The summed E-state index contributed by atoms with van der Waals surface area (Å²) in [5.74, 6) is 0.0471. The molecule has 1 aromatic heterocycles. The van der Waals surface area contributed by atoms with Crippen molar-refractivity contribution in [1.82, 2.24) is 5.32 Å². The van der Waals surface area contributed by atoms with Crippen molar-refractivity contribution < 1.29 is 23.5 Å². The van der Waals surface area contributed by atoms with Gasteiger partial charge in [-0.1, -0.05) is 24.3 Å². The molecule has 3 rings (SSSR count). The molecule has 134 valence electrons. The first-order valence-electron chi connectivity index (χ1n) is 8.29. The Labute approximate surface area is 150 Å². The minimum Gasteiger partial charge on any atom is -0.493 e. The van der Waals surface area contributed by atoms with E-state index in [1.54, 1.807) is 24.3 Å². The topological polar surface area (TPSA) is 77.8 Å². The number of hydrogen-bond donors (Lipinski definition) is 1. The molecule has 0 aliphatic heterocycles. The Hall–Kier alpha value is -3.28. The summed E-state index contributed by atoms with van der Waals surface area (Å²) < 4.78 is 15.8. The predicted molar refractivity (Wildman–Crippen MR) is 96.0 cm³/mol. The highest BCUT2D eigenvalue weighted by molar-refractivity contribution is 5.99. The molecule has 0 unspecified atom stereocenters. The van der Waals surface area contributed by atoms with E-state index in [0.29, 0.717) is 23.7 Å². The fourth-order valence-electron chi connectivity index (χ4n) is 2.51. The number of fused-ring (bicyclic) bond motifs is 1. The maximum Gasteiger partial charge on any atom is 0.342 e. The van der Waals surface area contributed by atoms with Crippen LogP contribution in [0.1, 0.15) is 23.0 Å². The van der Waals surface area contributed by atoms with E-state index < -0.39 is 11.9 Å². The molecule has 26 heavy (non-hydrogen) atoms. The van der Waals surface area contributed by atoms with Gasteiger partial charge in [0.2, 0.25) is 0 Å². The third kappa shape index (κ3) is 4.22. The number of benzene rings is 2. The van der Waals surface area contributed by atoms with Gasteiger partial charge in [0, 0.05) is 0 Å². The zero-order valence-corrected chi connectivity index (χ0v) is 14.4. The van der Waals surface area contributed by atoms with E-state index in [1.165, 1.54) is 6.26 Å². The fraction of sp³-hybridized carbons (Fsp3) is 0.200. The first kappa shape index (κ1) is 17.5. The van der Waals surface area contributed by atoms with Crippen molar-refractivity contribution in [2.75, 3.05) is 13.2 Å². The molecule has 6 nitrogen and oxygen atoms in total. The van der Waals surface area contributed by atoms with Gasteiger partial charge in [-0.2, -0.15) is 0 Å². The normalized spacial score (nSPS) is 10.5. The van der Waals surface area contributed by atoms with Gasteiger partial charge in [-0.15, -0.1) is 0 Å². The molecule has 0 atom stereocenters. The second kappa shape index (κ2) is 8.20. The van der Waals surface area contributed by atoms with Crippen LogP contribution in [0, 0.1) is 0 Å². The van der Waals surface area contributed by atoms with E-state index in [4.69, 9.17) is 13.9 Å². The summed E-state index contributed by atoms with van der Waals surface area (Å²) in [5.41, 5.74) is 0.296. The Morgan fingerprint density at radius 1 is 1.08 bits per heavy atom. The molecule has 0 spiro atoms. The third-order valence-electron chi connectivity index (χ3n) is 3.74. The lowest BCUT2D eigenvalue weighted by molar-refractivity contribution is -0.124. The molecule has 1 N–H and O–H groups in total. The second-order valence-electron chi connectivity index (χ2n) is 5.56. The molecule has 3 aromatic rings. The van der Waals surface area contributed by atoms with Gasteiger partial charge in [-0.25, -0.2) is 4.79 Å². The van der Waals surface area contributed by atoms with Gasteiger partial charge in [0.1, 0.15) is 17.1 Å². The van der Waals surface area contributed by atoms with Crippen molar-refractivity contribution in [3.05, 3.63) is 66.1 Å². The molecular formula is C20H19NO5. The lowest BCUT2D eigenvalue weighted by Crippen LogP contribution is -2.28. The molecule has 6 heteroatoms. The summed E-state index contributed by atoms with van der Waals surface area (Å²) in [4.78, 5) is 24.3. The predicted octanol–water partition coefficient (Wildman–Crippen LogP) is 3.30. The summed E-state index contributed by atoms with van der Waals surface area (Å²) >= 11 is 0. The Morgan fingerprint density at radius 3 is 2.54 bits per heavy atom. The lowest BCUT2D eigenvalue weighted by Gasteiger charge is -2.12. The smallest absolute Gasteiger partial charge is 0.342 e. The van der Waals surface area contributed by atoms with E-state index in [0.717, 1.165) is 10.8 Å². The highest BCUT2D eigenvalue weighted by Gasteiger charge is 2.17. The lowest BCUT2D eigenvalue weighted by atomic mass is 10.1. The van der Waals surface area contributed by atoms with E-state index in [9.17, 15) is 9.59 Å². The summed E-state index contributed by atoms with van der Waals surface area (Å²) in [7, 11) is 0. The van der Waals surface area contributed by atoms with Gasteiger partial charge < -0.3 is 19.2 Å². The van der Waals surface area contributed by atoms with Gasteiger partial charge in [0.15, 0.2) is 6.61 Å². The van der Waals surface area contributed by atoms with E-state index in [-0.39, 0.29) is 13.2 Å². The molecule has 0 fully saturated rings. The maximum absolute atomic E-state index is 12.4. The van der Waals surface area contributed by atoms with Crippen molar-refractivity contribution in [3.63, 3.8) is 0 Å². The molecule has 0 aliphatic rings. The van der Waals surface area contributed by atoms with Crippen LogP contribution in [0.15, 0.2) is 59.2 Å². The maximum atomic E-state index is 12.4. The number of esters is 1. The molecule has 0 radical (unpaired) electrons. The van der Waals surface area contributed by atoms with Crippen molar-refractivity contribution >= 4 is 22.6 Å². The SMILES string of the molecule is CCOc1cc2ccccc2cc1C(=O)OCC(=O)NCc1ccco1. The molecule has 0 saturated carbocycles. The number of carbonyl (C=O) groups excluding carboxylic acids is 2. The summed E-state index contributed by atoms with van der Waals surface area (Å²) in [6.45, 7) is 2.12. The zero-order chi connectivity index (χ0) is 18.4. The van der Waals surface area contributed by atoms with Crippen molar-refractivity contribution in [2.24, 2.45) is 0 Å². The number of hydrogen-bond acceptors (Lipinski definition) is 5. The van der Waals surface area contributed by atoms with E-state index in [2.05, 4.69) is 5.32 Å². The third-order valence-corrected chi connectivity index (χ3v) is 3.74. The van der Waals surface area contributed by atoms with Crippen molar-refractivity contribution in [3.8, 4) is 5.75 Å². The highest BCUT2D eigenvalue weighted by atomic mass is 16.5. The monoisotopic (exact) mass is 353 g/mol. The Kier molecular flexibility index (Phi) is 5.53. The van der Waals surface area contributed by atoms with Crippen LogP contribution in [0.2, 0.25) is 0 Å². The first-order valence-corrected chi connectivity index (χ1v) is 8.29. The van der Waals surface area contributed by atoms with Crippen LogP contribution in [0.5, 0.6) is 5.75 Å². The number of rotatable bonds is 7. The van der Waals surface area contributed by atoms with Crippen LogP contribution in [0.3, 0.4) is 0 Å². The average Bonchev–Trinajstić information content (AvgIpc) is 3.18. The van der Waals surface area contributed by atoms with Gasteiger partial charge >= 0.3 is 5.97 Å². The van der Waals surface area contributed by atoms with Gasteiger partial charge in [-0.05, 0) is 42.0 Å². The molecule has 2 aromatic carbocycles. The minimum absolute atomic E-state index is 0.240. The van der Waals surface area contributed by atoms with Crippen LogP contribution in [0.25, 0.3) is 10.8 Å². The van der Waals surface area contributed by atoms with Crippen LogP contribution in [0.4, 0.5) is 0 Å². The van der Waals surface area contributed by atoms with Crippen LogP contribution in [-0.2, 0) is 16.1 Å². The Morgan fingerprint density at radius 2 is 1.85 bits per heavy atom. The molecule has 0 aliphatic carbocycles. The molecule has 0 bridgehead atoms. The average molecular weight is 353 g/mol. The van der Waals surface area contributed by atoms with Gasteiger partial charge in [0.05, 0.1) is 19.4 Å². The van der Waals surface area contributed by atoms with Gasteiger partial charge in [0.25, 0.3) is 5.91 Å². The summed E-state index contributed by atoms with van der Waals surface area (Å²) in [6, 6.07) is 14.6. The zero-order valence-electron chi connectivity index (χ0n) is 14.4. The molecule has 1 heterocycles. The number of nitrogens with one attached hydrogen (secondary N) is 1. The fourth-order valence-corrected chi connectivity index (χ4v) is 2.51. The van der Waals surface area contributed by atoms with Gasteiger partial charge in [-0.3, -0.25) is 4.79 Å². The Balaban J connectivity index is 1.66. The van der Waals surface area contributed by atoms with E-state index >= 15 is 0 Å². The minimum atomic E-state index is -0.604. The number of furan rings is 1. The second-order valence-corrected chi connectivity index (χ2v) is 5.56. The van der Waals surface area contributed by atoms with Crippen LogP contribution < -0.4 is 10.1 Å².